The summed E-state index contributed by atoms with van der Waals surface area (Å²) in [6.45, 7) is 7.37. The van der Waals surface area contributed by atoms with Gasteiger partial charge in [-0.1, -0.05) is 18.2 Å². The van der Waals surface area contributed by atoms with E-state index in [9.17, 15) is 10.2 Å². The minimum Gasteiger partial charge on any atom is -0.507 e. The zero-order chi connectivity index (χ0) is 26.4. The standard InChI is InChI=1S/C28H29N7O2/c1-17-10-21(11-18(2)26(17)36)15-29-34-25-14-24(31-23-8-6-5-7-9-23)32-28(33-25)35-30-16-22-12-19(3)27(37)20(4)13-22/h5-16,36-37H,1-4H3,(H3,31,32,33,34,35). The highest BCUT2D eigenvalue weighted by atomic mass is 16.3. The van der Waals surface area contributed by atoms with Crippen LogP contribution in [0, 0.1) is 27.7 Å². The number of benzene rings is 3. The van der Waals surface area contributed by atoms with Crippen molar-refractivity contribution in [1.82, 2.24) is 9.97 Å². The van der Waals surface area contributed by atoms with Crippen molar-refractivity contribution in [2.75, 3.05) is 16.2 Å². The Balaban J connectivity index is 1.55. The van der Waals surface area contributed by atoms with Crippen molar-refractivity contribution in [3.8, 4) is 11.5 Å². The Morgan fingerprint density at radius 3 is 1.68 bits per heavy atom. The summed E-state index contributed by atoms with van der Waals surface area (Å²) >= 11 is 0. The molecule has 0 saturated heterocycles. The van der Waals surface area contributed by atoms with Crippen LogP contribution in [0.1, 0.15) is 33.4 Å². The van der Waals surface area contributed by atoms with E-state index < -0.39 is 0 Å². The van der Waals surface area contributed by atoms with Gasteiger partial charge in [-0.25, -0.2) is 5.43 Å². The molecule has 37 heavy (non-hydrogen) atoms. The monoisotopic (exact) mass is 495 g/mol. The first kappa shape index (κ1) is 25.2. The van der Waals surface area contributed by atoms with Gasteiger partial charge in [0.05, 0.1) is 12.4 Å². The van der Waals surface area contributed by atoms with Crippen LogP contribution in [0.15, 0.2) is 70.9 Å². The van der Waals surface area contributed by atoms with Gasteiger partial charge in [0.2, 0.25) is 5.95 Å². The normalized spacial score (nSPS) is 11.2. The summed E-state index contributed by atoms with van der Waals surface area (Å²) in [4.78, 5) is 8.96. The van der Waals surface area contributed by atoms with Crippen LogP contribution in [0.25, 0.3) is 0 Å². The predicted molar refractivity (Wildman–Crippen MR) is 149 cm³/mol. The van der Waals surface area contributed by atoms with Crippen molar-refractivity contribution >= 4 is 35.7 Å². The van der Waals surface area contributed by atoms with Gasteiger partial charge < -0.3 is 15.5 Å². The van der Waals surface area contributed by atoms with Crippen molar-refractivity contribution in [3.05, 3.63) is 94.0 Å². The number of hydrogen-bond donors (Lipinski definition) is 5. The molecule has 9 nitrogen and oxygen atoms in total. The molecular weight excluding hydrogens is 466 g/mol. The maximum atomic E-state index is 9.99. The molecule has 0 atom stereocenters. The zero-order valence-corrected chi connectivity index (χ0v) is 21.1. The first-order valence-electron chi connectivity index (χ1n) is 11.7. The van der Waals surface area contributed by atoms with Gasteiger partial charge in [-0.05, 0) is 97.5 Å². The van der Waals surface area contributed by atoms with Crippen molar-refractivity contribution in [2.45, 2.75) is 27.7 Å². The number of nitrogens with one attached hydrogen (secondary N) is 3. The molecule has 3 aromatic carbocycles. The summed E-state index contributed by atoms with van der Waals surface area (Å²) in [6, 6.07) is 18.8. The van der Waals surface area contributed by atoms with Gasteiger partial charge in [0.25, 0.3) is 0 Å². The van der Waals surface area contributed by atoms with Gasteiger partial charge in [0, 0.05) is 11.8 Å². The Morgan fingerprint density at radius 2 is 1.14 bits per heavy atom. The first-order valence-corrected chi connectivity index (χ1v) is 11.7. The number of para-hydroxylation sites is 1. The maximum Gasteiger partial charge on any atom is 0.247 e. The third kappa shape index (κ3) is 6.61. The molecule has 0 saturated carbocycles. The van der Waals surface area contributed by atoms with E-state index in [-0.39, 0.29) is 17.4 Å². The second kappa shape index (κ2) is 11.2. The van der Waals surface area contributed by atoms with E-state index in [1.54, 1.807) is 18.5 Å². The molecule has 4 rings (SSSR count). The number of nitrogens with zero attached hydrogens (tertiary/aromatic N) is 4. The van der Waals surface area contributed by atoms with E-state index in [1.807, 2.05) is 82.3 Å². The van der Waals surface area contributed by atoms with Crippen LogP contribution in [0.2, 0.25) is 0 Å². The number of aryl methyl sites for hydroxylation is 4. The van der Waals surface area contributed by atoms with Gasteiger partial charge in [-0.2, -0.15) is 20.2 Å². The van der Waals surface area contributed by atoms with Crippen LogP contribution < -0.4 is 16.2 Å². The summed E-state index contributed by atoms with van der Waals surface area (Å²) in [5.74, 6) is 1.82. The zero-order valence-electron chi connectivity index (χ0n) is 21.1. The van der Waals surface area contributed by atoms with Crippen LogP contribution in [-0.2, 0) is 0 Å². The lowest BCUT2D eigenvalue weighted by Gasteiger charge is -2.09. The lowest BCUT2D eigenvalue weighted by Crippen LogP contribution is -2.04. The minimum absolute atomic E-state index is 0.262. The molecule has 0 amide bonds. The lowest BCUT2D eigenvalue weighted by molar-refractivity contribution is 0.466. The Labute approximate surface area is 215 Å². The number of hydrogen-bond acceptors (Lipinski definition) is 9. The Bertz CT molecular complexity index is 1330. The number of aromatic hydroxyl groups is 2. The molecule has 0 unspecified atom stereocenters. The highest BCUT2D eigenvalue weighted by Crippen LogP contribution is 2.24. The van der Waals surface area contributed by atoms with Crippen LogP contribution in [0.3, 0.4) is 0 Å². The molecule has 1 aromatic heterocycles. The molecule has 188 valence electrons. The SMILES string of the molecule is Cc1cc(C=NNc2cc(Nc3ccccc3)nc(NN=Cc3cc(C)c(O)c(C)c3)n2)cc(C)c1O. The summed E-state index contributed by atoms with van der Waals surface area (Å²) in [5, 5.41) is 31.8. The second-order valence-corrected chi connectivity index (χ2v) is 8.70. The molecule has 0 bridgehead atoms. The fourth-order valence-corrected chi connectivity index (χ4v) is 3.75. The van der Waals surface area contributed by atoms with Gasteiger partial charge in [0.15, 0.2) is 5.82 Å². The summed E-state index contributed by atoms with van der Waals surface area (Å²) in [6.07, 6.45) is 3.30. The van der Waals surface area contributed by atoms with Gasteiger partial charge in [-0.3, -0.25) is 5.43 Å². The van der Waals surface area contributed by atoms with E-state index in [2.05, 4.69) is 36.3 Å². The molecule has 0 spiro atoms. The minimum atomic E-state index is 0.262. The van der Waals surface area contributed by atoms with E-state index >= 15 is 0 Å². The van der Waals surface area contributed by atoms with E-state index in [1.165, 1.54) is 0 Å². The number of hydrazone groups is 2. The average molecular weight is 496 g/mol. The number of phenols is 2. The molecule has 4 aromatic rings. The largest absolute Gasteiger partial charge is 0.507 e. The van der Waals surface area contributed by atoms with Gasteiger partial charge in [-0.15, -0.1) is 0 Å². The topological polar surface area (TPSA) is 127 Å². The smallest absolute Gasteiger partial charge is 0.247 e. The Morgan fingerprint density at radius 1 is 0.649 bits per heavy atom. The first-order chi connectivity index (χ1) is 17.8. The van der Waals surface area contributed by atoms with Gasteiger partial charge >= 0.3 is 0 Å². The van der Waals surface area contributed by atoms with Crippen molar-refractivity contribution < 1.29 is 10.2 Å². The number of phenolic OH excluding ortho intramolecular Hbond substituents is 2. The van der Waals surface area contributed by atoms with E-state index in [0.717, 1.165) is 39.1 Å². The fourth-order valence-electron chi connectivity index (χ4n) is 3.75. The van der Waals surface area contributed by atoms with Crippen LogP contribution in [-0.4, -0.2) is 32.6 Å². The molecule has 9 heteroatoms. The second-order valence-electron chi connectivity index (χ2n) is 8.70. The highest BCUT2D eigenvalue weighted by molar-refractivity contribution is 5.82. The lowest BCUT2D eigenvalue weighted by atomic mass is 10.1. The van der Waals surface area contributed by atoms with E-state index in [4.69, 9.17) is 0 Å². The number of anilines is 4. The predicted octanol–water partition coefficient (Wildman–Crippen LogP) is 5.76. The average Bonchev–Trinajstić information content (AvgIpc) is 2.86. The van der Waals surface area contributed by atoms with Crippen LogP contribution in [0.5, 0.6) is 11.5 Å². The van der Waals surface area contributed by atoms with Gasteiger partial charge in [0.1, 0.15) is 17.3 Å². The Kier molecular flexibility index (Phi) is 7.63. The van der Waals surface area contributed by atoms with Crippen molar-refractivity contribution in [3.63, 3.8) is 0 Å². The molecule has 0 radical (unpaired) electrons. The highest BCUT2D eigenvalue weighted by Gasteiger charge is 2.06. The summed E-state index contributed by atoms with van der Waals surface area (Å²) in [7, 11) is 0. The summed E-state index contributed by atoms with van der Waals surface area (Å²) in [5.41, 5.74) is 11.5. The number of aromatic nitrogens is 2. The molecule has 0 aliphatic rings. The fraction of sp³-hybridized carbons (Fsp3) is 0.143. The molecular formula is C28H29N7O2. The van der Waals surface area contributed by atoms with Crippen LogP contribution in [0.4, 0.5) is 23.3 Å². The summed E-state index contributed by atoms with van der Waals surface area (Å²) < 4.78 is 0. The molecule has 0 fully saturated rings. The maximum absolute atomic E-state index is 9.99. The third-order valence-electron chi connectivity index (χ3n) is 5.57. The molecule has 0 aliphatic heterocycles. The molecule has 0 aliphatic carbocycles. The Hall–Kier alpha value is -4.92. The quantitative estimate of drug-likeness (QED) is 0.155. The van der Waals surface area contributed by atoms with E-state index in [0.29, 0.717) is 11.6 Å². The molecule has 1 heterocycles. The van der Waals surface area contributed by atoms with Crippen LogP contribution >= 0.6 is 0 Å². The molecule has 5 N–H and O–H groups in total. The number of rotatable bonds is 8. The van der Waals surface area contributed by atoms with Crippen molar-refractivity contribution in [1.29, 1.82) is 0 Å². The van der Waals surface area contributed by atoms with Crippen molar-refractivity contribution in [2.24, 2.45) is 10.2 Å². The third-order valence-corrected chi connectivity index (χ3v) is 5.57.